The Morgan fingerprint density at radius 1 is 1.10 bits per heavy atom. The fourth-order valence-corrected chi connectivity index (χ4v) is 4.39. The van der Waals surface area contributed by atoms with Gasteiger partial charge in [-0.1, -0.05) is 24.6 Å². The number of hydrogen-bond acceptors (Lipinski definition) is 4. The molecule has 1 unspecified atom stereocenters. The molecule has 4 rings (SSSR count). The van der Waals surface area contributed by atoms with Crippen LogP contribution in [0.4, 0.5) is 5.69 Å². The molecule has 1 atom stereocenters. The van der Waals surface area contributed by atoms with Crippen molar-refractivity contribution in [3.63, 3.8) is 0 Å². The number of likely N-dealkylation sites (tertiary alicyclic amines) is 1. The van der Waals surface area contributed by atoms with Crippen LogP contribution in [0, 0.1) is 0 Å². The van der Waals surface area contributed by atoms with Gasteiger partial charge in [0.25, 0.3) is 0 Å². The van der Waals surface area contributed by atoms with Gasteiger partial charge < -0.3 is 20.0 Å². The van der Waals surface area contributed by atoms with Gasteiger partial charge in [0, 0.05) is 25.8 Å². The average molecular weight is 410 g/mol. The number of carbonyl (C=O) groups excluding carboxylic acids is 1. The molecular weight excluding hydrogens is 378 g/mol. The first kappa shape index (κ1) is 20.5. The minimum Gasteiger partial charge on any atom is -0.468 e. The molecule has 0 bridgehead atoms. The van der Waals surface area contributed by atoms with Crippen molar-refractivity contribution >= 4 is 17.6 Å². The van der Waals surface area contributed by atoms with Crippen LogP contribution in [0.3, 0.4) is 0 Å². The summed E-state index contributed by atoms with van der Waals surface area (Å²) in [5.41, 5.74) is 2.26. The summed E-state index contributed by atoms with van der Waals surface area (Å²) >= 11 is 0. The second-order valence-electron chi connectivity index (χ2n) is 7.86. The number of nitrogens with zero attached hydrogens (tertiary/aromatic N) is 3. The van der Waals surface area contributed by atoms with Gasteiger partial charge >= 0.3 is 0 Å². The summed E-state index contributed by atoms with van der Waals surface area (Å²) < 4.78 is 5.71. The molecule has 1 fully saturated rings. The number of nitrogens with one attached hydrogen (secondary N) is 2. The number of amides is 1. The number of rotatable bonds is 6. The van der Waals surface area contributed by atoms with Gasteiger partial charge in [-0.3, -0.25) is 14.7 Å². The van der Waals surface area contributed by atoms with E-state index in [4.69, 9.17) is 4.42 Å². The zero-order valence-electron chi connectivity index (χ0n) is 17.6. The third-order valence-electron chi connectivity index (χ3n) is 5.98. The molecule has 30 heavy (non-hydrogen) atoms. The highest BCUT2D eigenvalue weighted by Crippen LogP contribution is 2.27. The molecular formula is C23H31N5O2. The van der Waals surface area contributed by atoms with Crippen LogP contribution in [0.2, 0.25) is 0 Å². The Hall–Kier alpha value is -2.80. The maximum absolute atomic E-state index is 12.8. The molecule has 7 nitrogen and oxygen atoms in total. The van der Waals surface area contributed by atoms with Crippen molar-refractivity contribution in [1.82, 2.24) is 15.5 Å². The van der Waals surface area contributed by atoms with Gasteiger partial charge in [0.2, 0.25) is 5.91 Å². The summed E-state index contributed by atoms with van der Waals surface area (Å²) in [5.74, 6) is 1.65. The summed E-state index contributed by atoms with van der Waals surface area (Å²) in [6.45, 7) is 3.77. The van der Waals surface area contributed by atoms with Gasteiger partial charge in [0.15, 0.2) is 5.96 Å². The molecule has 1 saturated heterocycles. The van der Waals surface area contributed by atoms with Crippen molar-refractivity contribution in [3.8, 4) is 0 Å². The first-order valence-corrected chi connectivity index (χ1v) is 10.9. The largest absolute Gasteiger partial charge is 0.468 e. The van der Waals surface area contributed by atoms with Crippen LogP contribution >= 0.6 is 0 Å². The molecule has 2 N–H and O–H groups in total. The van der Waals surface area contributed by atoms with Gasteiger partial charge in [0.1, 0.15) is 5.76 Å². The number of aliphatic imine (C=N–C) groups is 1. The molecule has 2 aromatic rings. The van der Waals surface area contributed by atoms with Crippen molar-refractivity contribution in [2.24, 2.45) is 4.99 Å². The molecule has 2 aliphatic rings. The Balaban J connectivity index is 1.32. The van der Waals surface area contributed by atoms with E-state index in [2.05, 4.69) is 26.6 Å². The molecule has 0 aliphatic carbocycles. The first-order chi connectivity index (χ1) is 14.8. The summed E-state index contributed by atoms with van der Waals surface area (Å²) in [5, 5.41) is 6.57. The van der Waals surface area contributed by atoms with Gasteiger partial charge in [0.05, 0.1) is 18.8 Å². The maximum Gasteiger partial charge on any atom is 0.246 e. The second kappa shape index (κ2) is 9.80. The van der Waals surface area contributed by atoms with Crippen molar-refractivity contribution in [1.29, 1.82) is 0 Å². The number of anilines is 1. The molecule has 0 spiro atoms. The Morgan fingerprint density at radius 3 is 2.70 bits per heavy atom. The predicted molar refractivity (Wildman–Crippen MR) is 119 cm³/mol. The third-order valence-corrected chi connectivity index (χ3v) is 5.98. The number of benzene rings is 1. The van der Waals surface area contributed by atoms with E-state index in [1.807, 2.05) is 35.2 Å². The third kappa shape index (κ3) is 4.67. The summed E-state index contributed by atoms with van der Waals surface area (Å²) in [4.78, 5) is 21.4. The monoisotopic (exact) mass is 409 g/mol. The molecule has 1 aromatic carbocycles. The number of guanidine groups is 1. The van der Waals surface area contributed by atoms with Gasteiger partial charge in [-0.15, -0.1) is 0 Å². The fourth-order valence-electron chi connectivity index (χ4n) is 4.39. The lowest BCUT2D eigenvalue weighted by Crippen LogP contribution is -2.47. The van der Waals surface area contributed by atoms with Crippen LogP contribution in [-0.2, 0) is 11.2 Å². The molecule has 7 heteroatoms. The SMILES string of the molecule is CN=C(NCC(=O)N1CCc2ccccc21)NCC(c1ccco1)N1CCCCC1. The van der Waals surface area contributed by atoms with E-state index < -0.39 is 0 Å². The Morgan fingerprint density at radius 2 is 1.93 bits per heavy atom. The van der Waals surface area contributed by atoms with Crippen LogP contribution < -0.4 is 15.5 Å². The Kier molecular flexibility index (Phi) is 6.69. The zero-order chi connectivity index (χ0) is 20.8. The Labute approximate surface area is 178 Å². The number of fused-ring (bicyclic) bond motifs is 1. The van der Waals surface area contributed by atoms with E-state index in [-0.39, 0.29) is 18.5 Å². The lowest BCUT2D eigenvalue weighted by Gasteiger charge is -2.33. The molecule has 0 radical (unpaired) electrons. The highest BCUT2D eigenvalue weighted by Gasteiger charge is 2.26. The molecule has 1 aromatic heterocycles. The lowest BCUT2D eigenvalue weighted by atomic mass is 10.1. The summed E-state index contributed by atoms with van der Waals surface area (Å²) in [6, 6.07) is 12.2. The quantitative estimate of drug-likeness (QED) is 0.567. The highest BCUT2D eigenvalue weighted by atomic mass is 16.3. The summed E-state index contributed by atoms with van der Waals surface area (Å²) in [6.07, 6.45) is 6.37. The van der Waals surface area contributed by atoms with E-state index in [1.165, 1.54) is 24.8 Å². The highest BCUT2D eigenvalue weighted by molar-refractivity contribution is 5.98. The van der Waals surface area contributed by atoms with E-state index in [1.54, 1.807) is 13.3 Å². The van der Waals surface area contributed by atoms with Crippen LogP contribution in [-0.4, -0.2) is 56.5 Å². The number of carbonyl (C=O) groups is 1. The summed E-state index contributed by atoms with van der Waals surface area (Å²) in [7, 11) is 1.73. The van der Waals surface area contributed by atoms with Crippen molar-refractivity contribution in [2.45, 2.75) is 31.7 Å². The van der Waals surface area contributed by atoms with Crippen LogP contribution in [0.1, 0.15) is 36.6 Å². The second-order valence-corrected chi connectivity index (χ2v) is 7.86. The van der Waals surface area contributed by atoms with Crippen LogP contribution in [0.5, 0.6) is 0 Å². The molecule has 0 saturated carbocycles. The van der Waals surface area contributed by atoms with Gasteiger partial charge in [-0.2, -0.15) is 0 Å². The molecule has 160 valence electrons. The van der Waals surface area contributed by atoms with Crippen molar-refractivity contribution in [3.05, 3.63) is 54.0 Å². The predicted octanol–water partition coefficient (Wildman–Crippen LogP) is 2.56. The van der Waals surface area contributed by atoms with E-state index in [9.17, 15) is 4.79 Å². The topological polar surface area (TPSA) is 73.1 Å². The van der Waals surface area contributed by atoms with Crippen molar-refractivity contribution < 1.29 is 9.21 Å². The van der Waals surface area contributed by atoms with Crippen LogP contribution in [0.15, 0.2) is 52.1 Å². The first-order valence-electron chi connectivity index (χ1n) is 10.9. The average Bonchev–Trinajstić information content (AvgIpc) is 3.47. The van der Waals surface area contributed by atoms with E-state index >= 15 is 0 Å². The van der Waals surface area contributed by atoms with Gasteiger partial charge in [-0.25, -0.2) is 0 Å². The standard InChI is InChI=1S/C23H31N5O2/c1-24-23(26-17-22(29)28-14-11-18-8-3-4-9-19(18)28)25-16-20(21-10-7-15-30-21)27-12-5-2-6-13-27/h3-4,7-10,15,20H,2,5-6,11-14,16-17H2,1H3,(H2,24,25,26). The fraction of sp³-hybridized carbons (Fsp3) is 0.478. The minimum atomic E-state index is 0.0570. The molecule has 3 heterocycles. The van der Waals surface area contributed by atoms with E-state index in [0.29, 0.717) is 12.5 Å². The molecule has 1 amide bonds. The number of furan rings is 1. The number of para-hydroxylation sites is 1. The Bertz CT molecular complexity index is 858. The van der Waals surface area contributed by atoms with Gasteiger partial charge in [-0.05, 0) is 56.1 Å². The molecule has 2 aliphatic heterocycles. The van der Waals surface area contributed by atoms with Crippen LogP contribution in [0.25, 0.3) is 0 Å². The van der Waals surface area contributed by atoms with E-state index in [0.717, 1.165) is 37.5 Å². The van der Waals surface area contributed by atoms with Crippen molar-refractivity contribution in [2.75, 3.05) is 44.7 Å². The number of piperidine rings is 1. The zero-order valence-corrected chi connectivity index (χ0v) is 17.6. The smallest absolute Gasteiger partial charge is 0.246 e. The maximum atomic E-state index is 12.8. The minimum absolute atomic E-state index is 0.0570. The lowest BCUT2D eigenvalue weighted by molar-refractivity contribution is -0.117. The normalized spacial score (nSPS) is 18.2. The number of hydrogen-bond donors (Lipinski definition) is 2.